The third-order valence-corrected chi connectivity index (χ3v) is 2.68. The van der Waals surface area contributed by atoms with Crippen molar-refractivity contribution in [2.75, 3.05) is 0 Å². The fourth-order valence-electron chi connectivity index (χ4n) is 1.30. The lowest BCUT2D eigenvalue weighted by Gasteiger charge is -2.06. The van der Waals surface area contributed by atoms with E-state index in [0.29, 0.717) is 0 Å². The van der Waals surface area contributed by atoms with E-state index >= 15 is 0 Å². The number of benzene rings is 2. The van der Waals surface area contributed by atoms with Gasteiger partial charge in [0.05, 0.1) is 6.61 Å². The monoisotopic (exact) mass is 278 g/mol. The van der Waals surface area contributed by atoms with Gasteiger partial charge in [-0.2, -0.15) is 0 Å². The van der Waals surface area contributed by atoms with Crippen molar-refractivity contribution in [2.45, 2.75) is 6.61 Å². The summed E-state index contributed by atoms with van der Waals surface area (Å²) in [6.45, 7) is 0.0541. The van der Waals surface area contributed by atoms with E-state index in [2.05, 4.69) is 15.9 Å². The summed E-state index contributed by atoms with van der Waals surface area (Å²) in [7, 11) is 0. The highest BCUT2D eigenvalue weighted by molar-refractivity contribution is 9.10. The van der Waals surface area contributed by atoms with Crippen LogP contribution in [0.2, 0.25) is 0 Å². The molecule has 0 aliphatic carbocycles. The molecule has 0 aliphatic rings. The Morgan fingerprint density at radius 1 is 0.875 bits per heavy atom. The molecule has 0 amide bonds. The molecule has 2 rings (SSSR count). The molecule has 0 aliphatic heterocycles. The number of hydrogen-bond acceptors (Lipinski definition) is 2. The largest absolute Gasteiger partial charge is 0.457 e. The summed E-state index contributed by atoms with van der Waals surface area (Å²) in [6, 6.07) is 15.0. The summed E-state index contributed by atoms with van der Waals surface area (Å²) in [5.74, 6) is 1.56. The molecule has 2 aromatic carbocycles. The normalized spacial score (nSPS) is 10.1. The van der Waals surface area contributed by atoms with Crippen LogP contribution < -0.4 is 4.74 Å². The first-order valence-corrected chi connectivity index (χ1v) is 5.70. The topological polar surface area (TPSA) is 29.5 Å². The van der Waals surface area contributed by atoms with Crippen LogP contribution in [-0.2, 0) is 6.61 Å². The van der Waals surface area contributed by atoms with E-state index in [0.717, 1.165) is 21.5 Å². The zero-order chi connectivity index (χ0) is 11.4. The molecule has 2 aromatic rings. The lowest BCUT2D eigenvalue weighted by atomic mass is 10.2. The minimum absolute atomic E-state index is 0.0541. The maximum atomic E-state index is 8.90. The molecule has 82 valence electrons. The van der Waals surface area contributed by atoms with Crippen LogP contribution in [0.4, 0.5) is 0 Å². The predicted octanol–water partition coefficient (Wildman–Crippen LogP) is 3.73. The Kier molecular flexibility index (Phi) is 3.59. The summed E-state index contributed by atoms with van der Waals surface area (Å²) in [5, 5.41) is 8.90. The Morgan fingerprint density at radius 2 is 1.38 bits per heavy atom. The first-order chi connectivity index (χ1) is 7.78. The molecule has 0 spiro atoms. The lowest BCUT2D eigenvalue weighted by molar-refractivity contribution is 0.281. The third kappa shape index (κ3) is 2.84. The number of ether oxygens (including phenoxy) is 1. The molecule has 0 aromatic heterocycles. The molecule has 0 heterocycles. The molecule has 2 nitrogen and oxygen atoms in total. The average molecular weight is 279 g/mol. The number of hydrogen-bond donors (Lipinski definition) is 1. The average Bonchev–Trinajstić information content (AvgIpc) is 2.33. The molecular weight excluding hydrogens is 268 g/mol. The van der Waals surface area contributed by atoms with Crippen molar-refractivity contribution in [3.63, 3.8) is 0 Å². The molecule has 1 N–H and O–H groups in total. The van der Waals surface area contributed by atoms with Crippen LogP contribution in [0.5, 0.6) is 11.5 Å². The Bertz CT molecular complexity index is 448. The number of aliphatic hydroxyl groups excluding tert-OH is 1. The first-order valence-electron chi connectivity index (χ1n) is 4.91. The maximum absolute atomic E-state index is 8.90. The van der Waals surface area contributed by atoms with Crippen LogP contribution in [0.3, 0.4) is 0 Å². The molecule has 0 unspecified atom stereocenters. The quantitative estimate of drug-likeness (QED) is 0.927. The smallest absolute Gasteiger partial charge is 0.127 e. The predicted molar refractivity (Wildman–Crippen MR) is 66.6 cm³/mol. The van der Waals surface area contributed by atoms with Gasteiger partial charge in [0.25, 0.3) is 0 Å². The fourth-order valence-corrected chi connectivity index (χ4v) is 1.57. The van der Waals surface area contributed by atoms with Crippen LogP contribution in [-0.4, -0.2) is 5.11 Å². The van der Waals surface area contributed by atoms with E-state index in [1.165, 1.54) is 0 Å². The summed E-state index contributed by atoms with van der Waals surface area (Å²) in [6.07, 6.45) is 0. The van der Waals surface area contributed by atoms with Crippen LogP contribution in [0, 0.1) is 0 Å². The Hall–Kier alpha value is -1.32. The van der Waals surface area contributed by atoms with Gasteiger partial charge < -0.3 is 9.84 Å². The number of rotatable bonds is 3. The van der Waals surface area contributed by atoms with Gasteiger partial charge in [0.1, 0.15) is 11.5 Å². The molecule has 3 heteroatoms. The van der Waals surface area contributed by atoms with Gasteiger partial charge in [-0.3, -0.25) is 0 Å². The van der Waals surface area contributed by atoms with Crippen LogP contribution in [0.15, 0.2) is 53.0 Å². The summed E-state index contributed by atoms with van der Waals surface area (Å²) in [5.41, 5.74) is 0.878. The lowest BCUT2D eigenvalue weighted by Crippen LogP contribution is -1.85. The van der Waals surface area contributed by atoms with Gasteiger partial charge in [-0.05, 0) is 42.0 Å². The minimum atomic E-state index is 0.0541. The summed E-state index contributed by atoms with van der Waals surface area (Å²) >= 11 is 3.37. The van der Waals surface area contributed by atoms with Crippen molar-refractivity contribution in [3.05, 3.63) is 58.6 Å². The van der Waals surface area contributed by atoms with Crippen molar-refractivity contribution < 1.29 is 9.84 Å². The van der Waals surface area contributed by atoms with Gasteiger partial charge in [0.2, 0.25) is 0 Å². The highest BCUT2D eigenvalue weighted by atomic mass is 79.9. The van der Waals surface area contributed by atoms with Crippen LogP contribution in [0.1, 0.15) is 5.56 Å². The molecule has 0 saturated carbocycles. The molecule has 0 saturated heterocycles. The van der Waals surface area contributed by atoms with Gasteiger partial charge in [-0.1, -0.05) is 28.1 Å². The van der Waals surface area contributed by atoms with Gasteiger partial charge in [0.15, 0.2) is 0 Å². The fraction of sp³-hybridized carbons (Fsp3) is 0.0769. The first kappa shape index (κ1) is 11.2. The van der Waals surface area contributed by atoms with Crippen molar-refractivity contribution in [1.82, 2.24) is 0 Å². The molecule has 0 fully saturated rings. The van der Waals surface area contributed by atoms with E-state index in [1.807, 2.05) is 48.5 Å². The van der Waals surface area contributed by atoms with E-state index in [-0.39, 0.29) is 6.61 Å². The zero-order valence-corrected chi connectivity index (χ0v) is 10.1. The molecular formula is C13H11BrO2. The second kappa shape index (κ2) is 5.14. The zero-order valence-electron chi connectivity index (χ0n) is 8.56. The highest BCUT2D eigenvalue weighted by Crippen LogP contribution is 2.23. The number of aliphatic hydroxyl groups is 1. The van der Waals surface area contributed by atoms with Gasteiger partial charge in [0, 0.05) is 4.47 Å². The van der Waals surface area contributed by atoms with E-state index in [4.69, 9.17) is 9.84 Å². The van der Waals surface area contributed by atoms with Gasteiger partial charge in [-0.15, -0.1) is 0 Å². The number of halogens is 1. The second-order valence-corrected chi connectivity index (χ2v) is 4.27. The van der Waals surface area contributed by atoms with Crippen molar-refractivity contribution in [1.29, 1.82) is 0 Å². The van der Waals surface area contributed by atoms with Crippen molar-refractivity contribution >= 4 is 15.9 Å². The Balaban J connectivity index is 2.11. The Labute approximate surface area is 103 Å². The molecule has 0 radical (unpaired) electrons. The van der Waals surface area contributed by atoms with E-state index < -0.39 is 0 Å². The van der Waals surface area contributed by atoms with Crippen LogP contribution in [0.25, 0.3) is 0 Å². The minimum Gasteiger partial charge on any atom is -0.457 e. The highest BCUT2D eigenvalue weighted by Gasteiger charge is 1.97. The summed E-state index contributed by atoms with van der Waals surface area (Å²) < 4.78 is 6.65. The third-order valence-electron chi connectivity index (χ3n) is 2.16. The van der Waals surface area contributed by atoms with Gasteiger partial charge in [-0.25, -0.2) is 0 Å². The SMILES string of the molecule is OCc1ccc(Oc2ccc(Br)cc2)cc1. The second-order valence-electron chi connectivity index (χ2n) is 3.36. The standard InChI is InChI=1S/C13H11BrO2/c14-11-3-7-13(8-4-11)16-12-5-1-10(9-15)2-6-12/h1-8,15H,9H2. The molecule has 16 heavy (non-hydrogen) atoms. The maximum Gasteiger partial charge on any atom is 0.127 e. The van der Waals surface area contributed by atoms with Gasteiger partial charge >= 0.3 is 0 Å². The van der Waals surface area contributed by atoms with Crippen LogP contribution >= 0.6 is 15.9 Å². The molecule has 0 bridgehead atoms. The van der Waals surface area contributed by atoms with Crippen molar-refractivity contribution in [3.8, 4) is 11.5 Å². The van der Waals surface area contributed by atoms with E-state index in [9.17, 15) is 0 Å². The molecule has 0 atom stereocenters. The van der Waals surface area contributed by atoms with E-state index in [1.54, 1.807) is 0 Å². The Morgan fingerprint density at radius 3 is 1.88 bits per heavy atom. The summed E-state index contributed by atoms with van der Waals surface area (Å²) in [4.78, 5) is 0. The van der Waals surface area contributed by atoms with Crippen molar-refractivity contribution in [2.24, 2.45) is 0 Å².